The third-order valence-electron chi connectivity index (χ3n) is 4.63. The van der Waals surface area contributed by atoms with Crippen molar-refractivity contribution in [3.63, 3.8) is 0 Å². The van der Waals surface area contributed by atoms with E-state index in [-0.39, 0.29) is 16.8 Å². The van der Waals surface area contributed by atoms with Crippen molar-refractivity contribution in [3.05, 3.63) is 53.6 Å². The molecule has 0 saturated carbocycles. The summed E-state index contributed by atoms with van der Waals surface area (Å²) >= 11 is 0. The standard InChI is InChI=1S/C19H22N2O3S/c1-13-6-5-7-17(10-13)20(4)25(23,24)18-8-9-19-16(12-18)11-14(2)21(19)15(3)22/h5-10,12,14H,11H2,1-4H3. The summed E-state index contributed by atoms with van der Waals surface area (Å²) in [5.41, 5.74) is 3.32. The Bertz CT molecular complexity index is 937. The number of sulfonamides is 1. The molecule has 0 aliphatic carbocycles. The van der Waals surface area contributed by atoms with Crippen LogP contribution in [0.15, 0.2) is 47.4 Å². The molecular formula is C19H22N2O3S. The van der Waals surface area contributed by atoms with Crippen molar-refractivity contribution in [2.24, 2.45) is 0 Å². The van der Waals surface area contributed by atoms with E-state index in [0.717, 1.165) is 16.8 Å². The number of anilines is 2. The predicted molar refractivity (Wildman–Crippen MR) is 99.5 cm³/mol. The summed E-state index contributed by atoms with van der Waals surface area (Å²) in [7, 11) is -2.10. The Kier molecular flexibility index (Phi) is 4.33. The Hall–Kier alpha value is -2.34. The van der Waals surface area contributed by atoms with Gasteiger partial charge in [0.1, 0.15) is 0 Å². The van der Waals surface area contributed by atoms with Crippen LogP contribution < -0.4 is 9.21 Å². The number of nitrogens with zero attached hydrogens (tertiary/aromatic N) is 2. The molecule has 0 N–H and O–H groups in total. The molecule has 1 heterocycles. The van der Waals surface area contributed by atoms with Gasteiger partial charge in [-0.1, -0.05) is 12.1 Å². The maximum atomic E-state index is 13.0. The minimum Gasteiger partial charge on any atom is -0.309 e. The van der Waals surface area contributed by atoms with Gasteiger partial charge in [-0.2, -0.15) is 0 Å². The zero-order chi connectivity index (χ0) is 18.4. The lowest BCUT2D eigenvalue weighted by atomic mass is 10.1. The molecule has 1 atom stereocenters. The number of rotatable bonds is 3. The SMILES string of the molecule is CC(=O)N1c2ccc(S(=O)(=O)N(C)c3cccc(C)c3)cc2CC1C. The van der Waals surface area contributed by atoms with Gasteiger partial charge in [0.15, 0.2) is 0 Å². The molecule has 25 heavy (non-hydrogen) atoms. The highest BCUT2D eigenvalue weighted by atomic mass is 32.2. The first kappa shape index (κ1) is 17.5. The summed E-state index contributed by atoms with van der Waals surface area (Å²) in [5, 5.41) is 0. The van der Waals surface area contributed by atoms with Gasteiger partial charge < -0.3 is 4.90 Å². The fourth-order valence-electron chi connectivity index (χ4n) is 3.37. The zero-order valence-electron chi connectivity index (χ0n) is 14.9. The van der Waals surface area contributed by atoms with E-state index >= 15 is 0 Å². The van der Waals surface area contributed by atoms with Crippen LogP contribution in [0.1, 0.15) is 25.0 Å². The maximum Gasteiger partial charge on any atom is 0.264 e. The third-order valence-corrected chi connectivity index (χ3v) is 6.41. The Morgan fingerprint density at radius 2 is 1.92 bits per heavy atom. The first-order valence-corrected chi connectivity index (χ1v) is 9.64. The molecule has 1 aliphatic rings. The van der Waals surface area contributed by atoms with E-state index in [9.17, 15) is 13.2 Å². The average molecular weight is 358 g/mol. The highest BCUT2D eigenvalue weighted by molar-refractivity contribution is 7.92. The summed E-state index contributed by atoms with van der Waals surface area (Å²) in [5.74, 6) is -0.0289. The minimum atomic E-state index is -3.66. The molecule has 0 fully saturated rings. The number of benzene rings is 2. The molecule has 0 aromatic heterocycles. The molecule has 0 bridgehead atoms. The minimum absolute atomic E-state index is 0.0289. The highest BCUT2D eigenvalue weighted by Gasteiger charge is 2.31. The van der Waals surface area contributed by atoms with Crippen LogP contribution in [0.2, 0.25) is 0 Å². The summed E-state index contributed by atoms with van der Waals surface area (Å²) < 4.78 is 27.3. The van der Waals surface area contributed by atoms with E-state index < -0.39 is 10.0 Å². The van der Waals surface area contributed by atoms with Gasteiger partial charge in [-0.15, -0.1) is 0 Å². The van der Waals surface area contributed by atoms with Crippen molar-refractivity contribution in [2.75, 3.05) is 16.3 Å². The normalized spacial score (nSPS) is 16.6. The van der Waals surface area contributed by atoms with Gasteiger partial charge in [-0.25, -0.2) is 8.42 Å². The van der Waals surface area contributed by atoms with Crippen molar-refractivity contribution >= 4 is 27.3 Å². The summed E-state index contributed by atoms with van der Waals surface area (Å²) in [6.07, 6.45) is 0.659. The van der Waals surface area contributed by atoms with Gasteiger partial charge in [0, 0.05) is 25.7 Å². The topological polar surface area (TPSA) is 57.7 Å². The number of carbonyl (C=O) groups excluding carboxylic acids is 1. The second-order valence-corrected chi connectivity index (χ2v) is 8.51. The zero-order valence-corrected chi connectivity index (χ0v) is 15.7. The van der Waals surface area contributed by atoms with E-state index in [2.05, 4.69) is 0 Å². The van der Waals surface area contributed by atoms with Gasteiger partial charge in [-0.05, 0) is 61.7 Å². The van der Waals surface area contributed by atoms with Crippen molar-refractivity contribution in [3.8, 4) is 0 Å². The maximum absolute atomic E-state index is 13.0. The molecule has 1 aliphatic heterocycles. The van der Waals surface area contributed by atoms with Crippen molar-refractivity contribution < 1.29 is 13.2 Å². The fourth-order valence-corrected chi connectivity index (χ4v) is 4.61. The number of aryl methyl sites for hydroxylation is 1. The Morgan fingerprint density at radius 3 is 2.56 bits per heavy atom. The molecule has 0 radical (unpaired) electrons. The monoisotopic (exact) mass is 358 g/mol. The van der Waals surface area contributed by atoms with E-state index in [4.69, 9.17) is 0 Å². The van der Waals surface area contributed by atoms with E-state index in [1.165, 1.54) is 11.2 Å². The first-order valence-electron chi connectivity index (χ1n) is 8.20. The molecule has 1 amide bonds. The van der Waals surface area contributed by atoms with Crippen LogP contribution in [-0.2, 0) is 21.2 Å². The van der Waals surface area contributed by atoms with E-state index in [1.54, 1.807) is 36.2 Å². The number of hydrogen-bond acceptors (Lipinski definition) is 3. The quantitative estimate of drug-likeness (QED) is 0.847. The van der Waals surface area contributed by atoms with Crippen LogP contribution in [0.4, 0.5) is 11.4 Å². The number of amides is 1. The summed E-state index contributed by atoms with van der Waals surface area (Å²) in [6, 6.07) is 12.4. The molecule has 132 valence electrons. The molecular weight excluding hydrogens is 336 g/mol. The predicted octanol–water partition coefficient (Wildman–Crippen LogP) is 3.12. The van der Waals surface area contributed by atoms with Crippen LogP contribution in [0.3, 0.4) is 0 Å². The number of hydrogen-bond donors (Lipinski definition) is 0. The third kappa shape index (κ3) is 3.02. The second kappa shape index (κ2) is 6.19. The Labute approximate surface area is 148 Å². The molecule has 0 spiro atoms. The molecule has 1 unspecified atom stereocenters. The lowest BCUT2D eigenvalue weighted by Gasteiger charge is -2.22. The van der Waals surface area contributed by atoms with Gasteiger partial charge in [0.2, 0.25) is 5.91 Å². The van der Waals surface area contributed by atoms with E-state index in [0.29, 0.717) is 12.1 Å². The second-order valence-electron chi connectivity index (χ2n) is 6.54. The number of carbonyl (C=O) groups is 1. The summed E-state index contributed by atoms with van der Waals surface area (Å²) in [6.45, 7) is 5.42. The van der Waals surface area contributed by atoms with Crippen molar-refractivity contribution in [2.45, 2.75) is 38.1 Å². The Morgan fingerprint density at radius 1 is 1.20 bits per heavy atom. The summed E-state index contributed by atoms with van der Waals surface area (Å²) in [4.78, 5) is 13.8. The van der Waals surface area contributed by atoms with Crippen LogP contribution in [-0.4, -0.2) is 27.4 Å². The lowest BCUT2D eigenvalue weighted by Crippen LogP contribution is -2.33. The molecule has 6 heteroatoms. The fraction of sp³-hybridized carbons (Fsp3) is 0.316. The smallest absolute Gasteiger partial charge is 0.264 e. The average Bonchev–Trinajstić information content (AvgIpc) is 2.89. The molecule has 3 rings (SSSR count). The molecule has 2 aromatic carbocycles. The highest BCUT2D eigenvalue weighted by Crippen LogP contribution is 2.35. The van der Waals surface area contributed by atoms with Crippen LogP contribution >= 0.6 is 0 Å². The van der Waals surface area contributed by atoms with Crippen LogP contribution in [0, 0.1) is 6.92 Å². The largest absolute Gasteiger partial charge is 0.309 e. The molecule has 5 nitrogen and oxygen atoms in total. The van der Waals surface area contributed by atoms with E-state index in [1.807, 2.05) is 32.0 Å². The van der Waals surface area contributed by atoms with Crippen LogP contribution in [0.5, 0.6) is 0 Å². The lowest BCUT2D eigenvalue weighted by molar-refractivity contribution is -0.116. The first-order chi connectivity index (χ1) is 11.7. The van der Waals surface area contributed by atoms with Gasteiger partial charge in [0.05, 0.1) is 10.6 Å². The molecule has 0 saturated heterocycles. The van der Waals surface area contributed by atoms with Crippen molar-refractivity contribution in [1.82, 2.24) is 0 Å². The number of fused-ring (bicyclic) bond motifs is 1. The Balaban J connectivity index is 2.00. The van der Waals surface area contributed by atoms with Gasteiger partial charge in [0.25, 0.3) is 10.0 Å². The van der Waals surface area contributed by atoms with Crippen molar-refractivity contribution in [1.29, 1.82) is 0 Å². The van der Waals surface area contributed by atoms with Gasteiger partial charge >= 0.3 is 0 Å². The molecule has 2 aromatic rings. The van der Waals surface area contributed by atoms with Crippen LogP contribution in [0.25, 0.3) is 0 Å². The van der Waals surface area contributed by atoms with Gasteiger partial charge in [-0.3, -0.25) is 9.10 Å².